The number of amides is 2. The van der Waals surface area contributed by atoms with E-state index < -0.39 is 5.91 Å². The van der Waals surface area contributed by atoms with Crippen molar-refractivity contribution in [3.05, 3.63) is 96.2 Å². The van der Waals surface area contributed by atoms with Crippen LogP contribution in [0, 0.1) is 11.3 Å². The molecule has 1 aliphatic heterocycles. The number of anilines is 1. The van der Waals surface area contributed by atoms with E-state index in [9.17, 15) is 14.9 Å². The second-order valence-corrected chi connectivity index (χ2v) is 10.0. The largest absolute Gasteiger partial charge is 0.486 e. The molecule has 33 heavy (non-hydrogen) atoms. The maximum Gasteiger partial charge on any atom is 0.298 e. The smallest absolute Gasteiger partial charge is 0.298 e. The standard InChI is InChI=1S/C24H13Br2ClN2O3S/c25-19-8-14(9-20(26)22(19)32-13-16-5-2-1-4-15(16)12-28)10-21-23(30)29(24(31)33-21)18-7-3-6-17(27)11-18/h1-11H,13H2/b21-10+. The number of rotatable bonds is 5. The Balaban J connectivity index is 1.56. The molecule has 0 atom stereocenters. The first-order chi connectivity index (χ1) is 15.9. The Kier molecular flexibility index (Phi) is 7.25. The van der Waals surface area contributed by atoms with Gasteiger partial charge in [0, 0.05) is 10.6 Å². The lowest BCUT2D eigenvalue weighted by molar-refractivity contribution is -0.113. The van der Waals surface area contributed by atoms with Crippen LogP contribution in [0.5, 0.6) is 5.75 Å². The van der Waals surface area contributed by atoms with Crippen molar-refractivity contribution in [2.45, 2.75) is 6.61 Å². The molecule has 0 radical (unpaired) electrons. The SMILES string of the molecule is N#Cc1ccccc1COc1c(Br)cc(/C=C2/SC(=O)N(c3cccc(Cl)c3)C2=O)cc1Br. The molecular weight excluding hydrogens is 592 g/mol. The van der Waals surface area contributed by atoms with Gasteiger partial charge in [-0.25, -0.2) is 4.90 Å². The van der Waals surface area contributed by atoms with Crippen molar-refractivity contribution in [1.29, 1.82) is 5.26 Å². The molecule has 0 bridgehead atoms. The fraction of sp³-hybridized carbons (Fsp3) is 0.0417. The molecule has 0 aromatic heterocycles. The monoisotopic (exact) mass is 602 g/mol. The highest BCUT2D eigenvalue weighted by atomic mass is 79.9. The third kappa shape index (κ3) is 5.17. The van der Waals surface area contributed by atoms with Gasteiger partial charge in [0.05, 0.1) is 31.2 Å². The first-order valence-electron chi connectivity index (χ1n) is 9.50. The molecule has 1 aliphatic rings. The number of ether oxygens (including phenoxy) is 1. The summed E-state index contributed by atoms with van der Waals surface area (Å²) < 4.78 is 7.25. The fourth-order valence-corrected chi connectivity index (χ4v) is 5.64. The molecule has 3 aromatic carbocycles. The number of hydrogen-bond donors (Lipinski definition) is 0. The molecule has 1 saturated heterocycles. The molecule has 5 nitrogen and oxygen atoms in total. The molecule has 1 heterocycles. The molecule has 3 aromatic rings. The molecular formula is C24H13Br2ClN2O3S. The fourth-order valence-electron chi connectivity index (χ4n) is 3.16. The van der Waals surface area contributed by atoms with Crippen LogP contribution in [-0.2, 0) is 11.4 Å². The highest BCUT2D eigenvalue weighted by molar-refractivity contribution is 9.11. The Morgan fingerprint density at radius 2 is 1.79 bits per heavy atom. The highest BCUT2D eigenvalue weighted by Crippen LogP contribution is 2.39. The summed E-state index contributed by atoms with van der Waals surface area (Å²) in [5, 5.41) is 9.30. The van der Waals surface area contributed by atoms with Crippen LogP contribution in [0.4, 0.5) is 10.5 Å². The van der Waals surface area contributed by atoms with E-state index in [1.165, 1.54) is 0 Å². The van der Waals surface area contributed by atoms with E-state index >= 15 is 0 Å². The highest BCUT2D eigenvalue weighted by Gasteiger charge is 2.36. The van der Waals surface area contributed by atoms with Gasteiger partial charge in [-0.05, 0) is 91.7 Å². The molecule has 0 unspecified atom stereocenters. The second-order valence-electron chi connectivity index (χ2n) is 6.87. The van der Waals surface area contributed by atoms with E-state index in [1.807, 2.05) is 12.1 Å². The molecule has 164 valence electrons. The summed E-state index contributed by atoms with van der Waals surface area (Å²) in [5.41, 5.74) is 2.46. The van der Waals surface area contributed by atoms with Crippen LogP contribution in [0.15, 0.2) is 74.5 Å². The van der Waals surface area contributed by atoms with E-state index in [0.29, 0.717) is 41.4 Å². The molecule has 0 spiro atoms. The molecule has 0 aliphatic carbocycles. The van der Waals surface area contributed by atoms with Gasteiger partial charge >= 0.3 is 0 Å². The number of nitriles is 1. The summed E-state index contributed by atoms with van der Waals surface area (Å²) in [6, 6.07) is 19.6. The number of thioether (sulfide) groups is 1. The van der Waals surface area contributed by atoms with Crippen molar-refractivity contribution >= 4 is 78.1 Å². The Morgan fingerprint density at radius 3 is 2.48 bits per heavy atom. The van der Waals surface area contributed by atoms with E-state index in [1.54, 1.807) is 54.6 Å². The zero-order valence-electron chi connectivity index (χ0n) is 16.7. The van der Waals surface area contributed by atoms with Gasteiger partial charge in [-0.2, -0.15) is 5.26 Å². The lowest BCUT2D eigenvalue weighted by Gasteiger charge is -2.13. The normalized spacial score (nSPS) is 14.6. The van der Waals surface area contributed by atoms with E-state index in [2.05, 4.69) is 37.9 Å². The first kappa shape index (κ1) is 23.6. The maximum absolute atomic E-state index is 12.9. The van der Waals surface area contributed by atoms with Crippen LogP contribution in [0.25, 0.3) is 6.08 Å². The van der Waals surface area contributed by atoms with Crippen molar-refractivity contribution < 1.29 is 14.3 Å². The van der Waals surface area contributed by atoms with Gasteiger partial charge in [-0.3, -0.25) is 9.59 Å². The molecule has 1 fully saturated rings. The van der Waals surface area contributed by atoms with Crippen LogP contribution in [-0.4, -0.2) is 11.1 Å². The van der Waals surface area contributed by atoms with Gasteiger partial charge in [0.1, 0.15) is 12.4 Å². The minimum Gasteiger partial charge on any atom is -0.486 e. The minimum atomic E-state index is -0.409. The van der Waals surface area contributed by atoms with Crippen molar-refractivity contribution in [1.82, 2.24) is 0 Å². The van der Waals surface area contributed by atoms with Crippen molar-refractivity contribution in [2.75, 3.05) is 4.90 Å². The summed E-state index contributed by atoms with van der Waals surface area (Å²) in [7, 11) is 0. The Bertz CT molecular complexity index is 1330. The van der Waals surface area contributed by atoms with Crippen molar-refractivity contribution in [2.24, 2.45) is 0 Å². The summed E-state index contributed by atoms with van der Waals surface area (Å²) in [6.45, 7) is 0.221. The van der Waals surface area contributed by atoms with Crippen LogP contribution in [0.1, 0.15) is 16.7 Å². The Labute approximate surface area is 216 Å². The lowest BCUT2D eigenvalue weighted by atomic mass is 10.1. The summed E-state index contributed by atoms with van der Waals surface area (Å²) in [6.07, 6.45) is 1.65. The zero-order chi connectivity index (χ0) is 23.5. The molecule has 0 saturated carbocycles. The van der Waals surface area contributed by atoms with Gasteiger partial charge in [0.2, 0.25) is 0 Å². The average Bonchev–Trinajstić information content (AvgIpc) is 3.06. The van der Waals surface area contributed by atoms with Gasteiger partial charge < -0.3 is 4.74 Å². The van der Waals surface area contributed by atoms with Gasteiger partial charge in [0.15, 0.2) is 0 Å². The van der Waals surface area contributed by atoms with Crippen LogP contribution in [0.3, 0.4) is 0 Å². The van der Waals surface area contributed by atoms with E-state index in [-0.39, 0.29) is 11.8 Å². The molecule has 9 heteroatoms. The average molecular weight is 605 g/mol. The number of hydrogen-bond acceptors (Lipinski definition) is 5. The van der Waals surface area contributed by atoms with Crippen LogP contribution in [0.2, 0.25) is 5.02 Å². The van der Waals surface area contributed by atoms with E-state index in [4.69, 9.17) is 16.3 Å². The Hall–Kier alpha value is -2.57. The number of halogens is 3. The zero-order valence-corrected chi connectivity index (χ0v) is 21.5. The predicted molar refractivity (Wildman–Crippen MR) is 137 cm³/mol. The lowest BCUT2D eigenvalue weighted by Crippen LogP contribution is -2.27. The van der Waals surface area contributed by atoms with Crippen molar-refractivity contribution in [3.63, 3.8) is 0 Å². The van der Waals surface area contributed by atoms with E-state index in [0.717, 1.165) is 22.2 Å². The number of carbonyl (C=O) groups is 2. The third-order valence-corrected chi connectivity index (χ3v) is 6.97. The second kappa shape index (κ2) is 10.1. The Morgan fingerprint density at radius 1 is 1.06 bits per heavy atom. The summed E-state index contributed by atoms with van der Waals surface area (Å²) >= 11 is 13.9. The predicted octanol–water partition coefficient (Wildman–Crippen LogP) is 7.56. The van der Waals surface area contributed by atoms with Crippen LogP contribution >= 0.6 is 55.2 Å². The molecule has 2 amide bonds. The van der Waals surface area contributed by atoms with Crippen LogP contribution < -0.4 is 9.64 Å². The summed E-state index contributed by atoms with van der Waals surface area (Å²) in [5.74, 6) is 0.153. The summed E-state index contributed by atoms with van der Waals surface area (Å²) in [4.78, 5) is 26.8. The third-order valence-electron chi connectivity index (χ3n) is 4.69. The number of imide groups is 1. The minimum absolute atomic E-state index is 0.221. The quantitative estimate of drug-likeness (QED) is 0.281. The number of nitrogens with zero attached hydrogens (tertiary/aromatic N) is 2. The first-order valence-corrected chi connectivity index (χ1v) is 12.3. The van der Waals surface area contributed by atoms with Crippen molar-refractivity contribution in [3.8, 4) is 11.8 Å². The molecule has 0 N–H and O–H groups in total. The number of carbonyl (C=O) groups excluding carboxylic acids is 2. The topological polar surface area (TPSA) is 70.4 Å². The number of benzene rings is 3. The van der Waals surface area contributed by atoms with Gasteiger partial charge in [0.25, 0.3) is 11.1 Å². The molecule has 4 rings (SSSR count). The van der Waals surface area contributed by atoms with Gasteiger partial charge in [-0.15, -0.1) is 0 Å². The van der Waals surface area contributed by atoms with Gasteiger partial charge in [-0.1, -0.05) is 35.9 Å². The maximum atomic E-state index is 12.9.